The van der Waals surface area contributed by atoms with Crippen molar-refractivity contribution in [3.63, 3.8) is 0 Å². The first-order valence-corrected chi connectivity index (χ1v) is 7.28. The summed E-state index contributed by atoms with van der Waals surface area (Å²) in [7, 11) is 0. The van der Waals surface area contributed by atoms with Gasteiger partial charge < -0.3 is 19.9 Å². The maximum absolute atomic E-state index is 11.9. The molecule has 1 fully saturated rings. The van der Waals surface area contributed by atoms with E-state index in [9.17, 15) is 14.7 Å². The van der Waals surface area contributed by atoms with E-state index in [4.69, 9.17) is 9.47 Å². The molecule has 2 N–H and O–H groups in total. The second kappa shape index (κ2) is 6.79. The molecule has 0 bridgehead atoms. The summed E-state index contributed by atoms with van der Waals surface area (Å²) < 4.78 is 10.5. The number of ether oxygens (including phenoxy) is 2. The number of amides is 1. The van der Waals surface area contributed by atoms with Crippen LogP contribution in [0.5, 0.6) is 5.75 Å². The van der Waals surface area contributed by atoms with Gasteiger partial charge in [-0.3, -0.25) is 4.79 Å². The normalized spacial score (nSPS) is 20.9. The molecule has 2 rings (SSSR count). The number of nitrogens with one attached hydrogen (secondary N) is 1. The molecule has 22 heavy (non-hydrogen) atoms. The third-order valence-electron chi connectivity index (χ3n) is 3.70. The lowest BCUT2D eigenvalue weighted by Gasteiger charge is -2.23. The van der Waals surface area contributed by atoms with Crippen LogP contribution in [0, 0.1) is 0 Å². The number of rotatable bonds is 6. The van der Waals surface area contributed by atoms with Crippen molar-refractivity contribution in [1.82, 2.24) is 5.32 Å². The van der Waals surface area contributed by atoms with E-state index in [2.05, 4.69) is 19.2 Å². The summed E-state index contributed by atoms with van der Waals surface area (Å²) in [6, 6.07) is 7.51. The highest BCUT2D eigenvalue weighted by Crippen LogP contribution is 2.21. The van der Waals surface area contributed by atoms with Crippen molar-refractivity contribution in [2.75, 3.05) is 19.8 Å². The van der Waals surface area contributed by atoms with Crippen LogP contribution in [-0.4, -0.2) is 42.3 Å². The molecule has 0 aromatic heterocycles. The van der Waals surface area contributed by atoms with Crippen LogP contribution in [0.3, 0.4) is 0 Å². The van der Waals surface area contributed by atoms with Gasteiger partial charge in [-0.05, 0) is 23.6 Å². The molecular weight excluding hydrogens is 286 g/mol. The largest absolute Gasteiger partial charge is 0.484 e. The molecule has 1 aliphatic heterocycles. The van der Waals surface area contributed by atoms with Gasteiger partial charge in [-0.1, -0.05) is 26.0 Å². The fraction of sp³-hybridized carbons (Fsp3) is 0.500. The molecule has 0 radical (unpaired) electrons. The summed E-state index contributed by atoms with van der Waals surface area (Å²) in [5.74, 6) is -0.598. The van der Waals surface area contributed by atoms with Crippen molar-refractivity contribution in [2.45, 2.75) is 31.7 Å². The van der Waals surface area contributed by atoms with Crippen molar-refractivity contribution in [3.8, 4) is 5.75 Å². The quantitative estimate of drug-likeness (QED) is 0.833. The van der Waals surface area contributed by atoms with Gasteiger partial charge in [-0.15, -0.1) is 0 Å². The van der Waals surface area contributed by atoms with Crippen LogP contribution in [-0.2, 0) is 14.3 Å². The summed E-state index contributed by atoms with van der Waals surface area (Å²) in [6.45, 7) is 4.22. The Hall–Kier alpha value is -2.08. The molecule has 120 valence electrons. The Bertz CT molecular complexity index is 549. The van der Waals surface area contributed by atoms with Gasteiger partial charge in [0.05, 0.1) is 6.61 Å². The van der Waals surface area contributed by atoms with E-state index < -0.39 is 17.4 Å². The summed E-state index contributed by atoms with van der Waals surface area (Å²) in [4.78, 5) is 23.3. The maximum Gasteiger partial charge on any atom is 0.331 e. The number of carboxylic acids is 1. The fourth-order valence-electron chi connectivity index (χ4n) is 2.30. The second-order valence-electron chi connectivity index (χ2n) is 5.75. The summed E-state index contributed by atoms with van der Waals surface area (Å²) >= 11 is 0. The average Bonchev–Trinajstić information content (AvgIpc) is 2.95. The smallest absolute Gasteiger partial charge is 0.331 e. The molecular formula is C16H21NO5. The molecule has 1 aromatic carbocycles. The number of carboxylic acid groups (broad SMARTS) is 1. The second-order valence-corrected chi connectivity index (χ2v) is 5.75. The molecule has 6 nitrogen and oxygen atoms in total. The first-order chi connectivity index (χ1) is 10.4. The van der Waals surface area contributed by atoms with Gasteiger partial charge in [0.25, 0.3) is 5.91 Å². The molecule has 1 heterocycles. The van der Waals surface area contributed by atoms with E-state index in [1.807, 2.05) is 18.2 Å². The van der Waals surface area contributed by atoms with E-state index in [0.29, 0.717) is 18.3 Å². The topological polar surface area (TPSA) is 84.9 Å². The predicted molar refractivity (Wildman–Crippen MR) is 80.0 cm³/mol. The molecule has 0 spiro atoms. The van der Waals surface area contributed by atoms with Crippen LogP contribution >= 0.6 is 0 Å². The summed E-state index contributed by atoms with van der Waals surface area (Å²) in [5, 5.41) is 11.8. The third-order valence-corrected chi connectivity index (χ3v) is 3.70. The van der Waals surface area contributed by atoms with Crippen molar-refractivity contribution < 1.29 is 24.2 Å². The SMILES string of the molecule is CC(C)c1cccc(OCC(=O)NC2(C(=O)O)CCOC2)c1. The Kier molecular flexibility index (Phi) is 5.03. The molecule has 0 aliphatic carbocycles. The molecule has 1 amide bonds. The molecule has 1 atom stereocenters. The zero-order valence-electron chi connectivity index (χ0n) is 12.8. The zero-order valence-corrected chi connectivity index (χ0v) is 12.8. The summed E-state index contributed by atoms with van der Waals surface area (Å²) in [6.07, 6.45) is 0.261. The molecule has 1 saturated heterocycles. The Morgan fingerprint density at radius 2 is 2.23 bits per heavy atom. The van der Waals surface area contributed by atoms with E-state index in [1.54, 1.807) is 6.07 Å². The fourth-order valence-corrected chi connectivity index (χ4v) is 2.30. The van der Waals surface area contributed by atoms with Gasteiger partial charge in [0.2, 0.25) is 0 Å². The zero-order chi connectivity index (χ0) is 16.2. The van der Waals surface area contributed by atoms with Crippen LogP contribution < -0.4 is 10.1 Å². The first kappa shape index (κ1) is 16.3. The Balaban J connectivity index is 1.92. The lowest BCUT2D eigenvalue weighted by atomic mass is 9.99. The van der Waals surface area contributed by atoms with Crippen molar-refractivity contribution in [3.05, 3.63) is 29.8 Å². The van der Waals surface area contributed by atoms with Gasteiger partial charge >= 0.3 is 5.97 Å². The Morgan fingerprint density at radius 1 is 1.45 bits per heavy atom. The van der Waals surface area contributed by atoms with Crippen molar-refractivity contribution in [2.24, 2.45) is 0 Å². The molecule has 1 unspecified atom stereocenters. The van der Waals surface area contributed by atoms with Gasteiger partial charge in [-0.25, -0.2) is 4.79 Å². The summed E-state index contributed by atoms with van der Waals surface area (Å²) in [5.41, 5.74) is -0.218. The highest BCUT2D eigenvalue weighted by atomic mass is 16.5. The van der Waals surface area contributed by atoms with Crippen molar-refractivity contribution in [1.29, 1.82) is 0 Å². The molecule has 6 heteroatoms. The number of hydrogen-bond donors (Lipinski definition) is 2. The minimum atomic E-state index is -1.33. The number of carbonyl (C=O) groups is 2. The van der Waals surface area contributed by atoms with Crippen LogP contribution in [0.2, 0.25) is 0 Å². The van der Waals surface area contributed by atoms with Crippen molar-refractivity contribution >= 4 is 11.9 Å². The van der Waals surface area contributed by atoms with Gasteiger partial charge in [0.1, 0.15) is 5.75 Å². The number of carbonyl (C=O) groups excluding carboxylic acids is 1. The molecule has 1 aliphatic rings. The van der Waals surface area contributed by atoms with Gasteiger partial charge in [-0.2, -0.15) is 0 Å². The lowest BCUT2D eigenvalue weighted by Crippen LogP contribution is -2.56. The average molecular weight is 307 g/mol. The van der Waals surface area contributed by atoms with Gasteiger partial charge in [0.15, 0.2) is 12.1 Å². The standard InChI is InChI=1S/C16H21NO5/c1-11(2)12-4-3-5-13(8-12)22-9-14(18)17-16(15(19)20)6-7-21-10-16/h3-5,8,11H,6-7,9-10H2,1-2H3,(H,17,18)(H,19,20). The molecule has 0 saturated carbocycles. The highest BCUT2D eigenvalue weighted by Gasteiger charge is 2.43. The van der Waals surface area contributed by atoms with Crippen LogP contribution in [0.1, 0.15) is 31.7 Å². The van der Waals surface area contributed by atoms with E-state index >= 15 is 0 Å². The Labute approximate surface area is 129 Å². The number of aliphatic carboxylic acids is 1. The maximum atomic E-state index is 11.9. The van der Waals surface area contributed by atoms with Gasteiger partial charge in [0, 0.05) is 13.0 Å². The Morgan fingerprint density at radius 3 is 2.82 bits per heavy atom. The lowest BCUT2D eigenvalue weighted by molar-refractivity contribution is -0.148. The molecule has 1 aromatic rings. The van der Waals surface area contributed by atoms with Crippen LogP contribution in [0.25, 0.3) is 0 Å². The number of hydrogen-bond acceptors (Lipinski definition) is 4. The minimum absolute atomic E-state index is 0.0170. The van der Waals surface area contributed by atoms with E-state index in [0.717, 1.165) is 5.56 Å². The first-order valence-electron chi connectivity index (χ1n) is 7.28. The van der Waals surface area contributed by atoms with Crippen LogP contribution in [0.4, 0.5) is 0 Å². The third kappa shape index (κ3) is 3.76. The van der Waals surface area contributed by atoms with E-state index in [1.165, 1.54) is 0 Å². The van der Waals surface area contributed by atoms with Crippen LogP contribution in [0.15, 0.2) is 24.3 Å². The minimum Gasteiger partial charge on any atom is -0.484 e. The number of benzene rings is 1. The highest BCUT2D eigenvalue weighted by molar-refractivity contribution is 5.88. The van der Waals surface area contributed by atoms with E-state index in [-0.39, 0.29) is 19.6 Å². The monoisotopic (exact) mass is 307 g/mol. The predicted octanol–water partition coefficient (Wildman–Crippen LogP) is 1.55.